The molecule has 19 heavy (non-hydrogen) atoms. The standard InChI is InChI=1S/C13H15F2N3O/c1-2-11-9(5-6-16)13(19)18(17-11)12-4-3-8(14)7-10(12)15/h3-4,7,9H,2,5-6,16H2,1H3. The molecule has 0 spiro atoms. The molecule has 1 amide bonds. The van der Waals surface area contributed by atoms with Gasteiger partial charge in [-0.3, -0.25) is 4.79 Å². The lowest BCUT2D eigenvalue weighted by atomic mass is 9.98. The van der Waals surface area contributed by atoms with E-state index in [0.29, 0.717) is 25.1 Å². The molecule has 1 heterocycles. The number of hydrazone groups is 1. The van der Waals surface area contributed by atoms with Gasteiger partial charge in [0.1, 0.15) is 11.5 Å². The molecule has 0 saturated carbocycles. The monoisotopic (exact) mass is 267 g/mol. The number of hydrogen-bond acceptors (Lipinski definition) is 3. The molecule has 0 radical (unpaired) electrons. The highest BCUT2D eigenvalue weighted by Gasteiger charge is 2.36. The molecule has 102 valence electrons. The van der Waals surface area contributed by atoms with Crippen molar-refractivity contribution >= 4 is 17.3 Å². The summed E-state index contributed by atoms with van der Waals surface area (Å²) in [5, 5.41) is 5.14. The van der Waals surface area contributed by atoms with Gasteiger partial charge in [0.15, 0.2) is 5.82 Å². The summed E-state index contributed by atoms with van der Waals surface area (Å²) in [6.07, 6.45) is 1.07. The van der Waals surface area contributed by atoms with Crippen LogP contribution in [0.3, 0.4) is 0 Å². The Hall–Kier alpha value is -1.82. The van der Waals surface area contributed by atoms with E-state index >= 15 is 0 Å². The van der Waals surface area contributed by atoms with E-state index in [-0.39, 0.29) is 11.6 Å². The van der Waals surface area contributed by atoms with Crippen LogP contribution in [-0.2, 0) is 4.79 Å². The van der Waals surface area contributed by atoms with E-state index in [9.17, 15) is 13.6 Å². The Kier molecular flexibility index (Phi) is 3.90. The van der Waals surface area contributed by atoms with E-state index in [1.165, 1.54) is 6.07 Å². The van der Waals surface area contributed by atoms with Crippen molar-refractivity contribution in [1.82, 2.24) is 0 Å². The largest absolute Gasteiger partial charge is 0.330 e. The number of halogens is 2. The van der Waals surface area contributed by atoms with Crippen molar-refractivity contribution in [1.29, 1.82) is 0 Å². The lowest BCUT2D eigenvalue weighted by molar-refractivity contribution is -0.119. The first-order valence-corrected chi connectivity index (χ1v) is 6.15. The van der Waals surface area contributed by atoms with Gasteiger partial charge < -0.3 is 5.73 Å². The van der Waals surface area contributed by atoms with Crippen LogP contribution in [0.5, 0.6) is 0 Å². The molecular weight excluding hydrogens is 252 g/mol. The second-order valence-electron chi connectivity index (χ2n) is 4.32. The highest BCUT2D eigenvalue weighted by Crippen LogP contribution is 2.28. The molecular formula is C13H15F2N3O. The topological polar surface area (TPSA) is 58.7 Å². The van der Waals surface area contributed by atoms with E-state index in [0.717, 1.165) is 17.1 Å². The van der Waals surface area contributed by atoms with Crippen molar-refractivity contribution in [3.63, 3.8) is 0 Å². The number of carbonyl (C=O) groups excluding carboxylic acids is 1. The molecule has 1 unspecified atom stereocenters. The van der Waals surface area contributed by atoms with E-state index in [1.807, 2.05) is 6.92 Å². The van der Waals surface area contributed by atoms with Crippen molar-refractivity contribution in [3.8, 4) is 0 Å². The molecule has 1 aromatic rings. The van der Waals surface area contributed by atoms with Crippen LogP contribution in [0.25, 0.3) is 0 Å². The van der Waals surface area contributed by atoms with Crippen LogP contribution in [0.1, 0.15) is 19.8 Å². The van der Waals surface area contributed by atoms with E-state index in [4.69, 9.17) is 5.73 Å². The molecule has 0 bridgehead atoms. The summed E-state index contributed by atoms with van der Waals surface area (Å²) in [5.41, 5.74) is 6.12. The van der Waals surface area contributed by atoms with Gasteiger partial charge in [0.25, 0.3) is 5.91 Å². The van der Waals surface area contributed by atoms with Gasteiger partial charge in [0, 0.05) is 6.07 Å². The van der Waals surface area contributed by atoms with Gasteiger partial charge in [-0.15, -0.1) is 0 Å². The van der Waals surface area contributed by atoms with Crippen molar-refractivity contribution in [2.45, 2.75) is 19.8 Å². The molecule has 0 fully saturated rings. The molecule has 2 rings (SSSR count). The molecule has 1 aliphatic rings. The zero-order chi connectivity index (χ0) is 14.0. The van der Waals surface area contributed by atoms with Crippen LogP contribution >= 0.6 is 0 Å². The number of benzene rings is 1. The van der Waals surface area contributed by atoms with Crippen LogP contribution in [0, 0.1) is 17.6 Å². The molecule has 0 aromatic heterocycles. The predicted molar refractivity (Wildman–Crippen MR) is 68.7 cm³/mol. The Morgan fingerprint density at radius 3 is 2.74 bits per heavy atom. The number of hydrogen-bond donors (Lipinski definition) is 1. The zero-order valence-electron chi connectivity index (χ0n) is 10.6. The molecule has 2 N–H and O–H groups in total. The molecule has 0 aliphatic carbocycles. The lowest BCUT2D eigenvalue weighted by Gasteiger charge is -2.14. The zero-order valence-corrected chi connectivity index (χ0v) is 10.6. The summed E-state index contributed by atoms with van der Waals surface area (Å²) in [7, 11) is 0. The third kappa shape index (κ3) is 2.49. The Labute approximate surface area is 109 Å². The number of anilines is 1. The van der Waals surface area contributed by atoms with Crippen LogP contribution in [0.4, 0.5) is 14.5 Å². The van der Waals surface area contributed by atoms with Crippen molar-refractivity contribution in [3.05, 3.63) is 29.8 Å². The summed E-state index contributed by atoms with van der Waals surface area (Å²) in [6, 6.07) is 3.05. The van der Waals surface area contributed by atoms with Crippen LogP contribution in [-0.4, -0.2) is 18.2 Å². The average molecular weight is 267 g/mol. The lowest BCUT2D eigenvalue weighted by Crippen LogP contribution is -2.29. The fraction of sp³-hybridized carbons (Fsp3) is 0.385. The molecule has 1 atom stereocenters. The predicted octanol–water partition coefficient (Wildman–Crippen LogP) is 2.04. The third-order valence-electron chi connectivity index (χ3n) is 3.09. The molecule has 0 saturated heterocycles. The first-order chi connectivity index (χ1) is 9.08. The van der Waals surface area contributed by atoms with Crippen LogP contribution in [0.15, 0.2) is 23.3 Å². The highest BCUT2D eigenvalue weighted by atomic mass is 19.1. The van der Waals surface area contributed by atoms with Crippen molar-refractivity contribution < 1.29 is 13.6 Å². The van der Waals surface area contributed by atoms with Gasteiger partial charge in [-0.2, -0.15) is 10.1 Å². The molecule has 4 nitrogen and oxygen atoms in total. The van der Waals surface area contributed by atoms with Gasteiger partial charge >= 0.3 is 0 Å². The number of carbonyl (C=O) groups is 1. The van der Waals surface area contributed by atoms with Gasteiger partial charge in [0.2, 0.25) is 0 Å². The minimum atomic E-state index is -0.805. The Morgan fingerprint density at radius 1 is 1.42 bits per heavy atom. The summed E-state index contributed by atoms with van der Waals surface area (Å²) in [4.78, 5) is 12.2. The third-order valence-corrected chi connectivity index (χ3v) is 3.09. The van der Waals surface area contributed by atoms with Crippen LogP contribution < -0.4 is 10.7 Å². The normalized spacial score (nSPS) is 18.9. The maximum atomic E-state index is 13.7. The second-order valence-corrected chi connectivity index (χ2v) is 4.32. The number of amides is 1. The molecule has 1 aromatic carbocycles. The fourth-order valence-electron chi connectivity index (χ4n) is 2.14. The van der Waals surface area contributed by atoms with Crippen LogP contribution in [0.2, 0.25) is 0 Å². The quantitative estimate of drug-likeness (QED) is 0.907. The Bertz CT molecular complexity index is 531. The minimum absolute atomic E-state index is 0.0307. The summed E-state index contributed by atoms with van der Waals surface area (Å²) in [5.74, 6) is -2.21. The highest BCUT2D eigenvalue weighted by molar-refractivity contribution is 6.15. The second kappa shape index (κ2) is 5.44. The van der Waals surface area contributed by atoms with Gasteiger partial charge in [-0.25, -0.2) is 8.78 Å². The van der Waals surface area contributed by atoms with Gasteiger partial charge in [-0.1, -0.05) is 6.92 Å². The van der Waals surface area contributed by atoms with Gasteiger partial charge in [0.05, 0.1) is 11.6 Å². The Morgan fingerprint density at radius 2 is 2.16 bits per heavy atom. The Balaban J connectivity index is 2.35. The number of nitrogens with zero attached hydrogens (tertiary/aromatic N) is 2. The van der Waals surface area contributed by atoms with E-state index in [2.05, 4.69) is 5.10 Å². The maximum absolute atomic E-state index is 13.7. The maximum Gasteiger partial charge on any atom is 0.256 e. The summed E-state index contributed by atoms with van der Waals surface area (Å²) in [6.45, 7) is 2.23. The number of nitrogens with two attached hydrogens (primary N) is 1. The fourth-order valence-corrected chi connectivity index (χ4v) is 2.14. The average Bonchev–Trinajstić information content (AvgIpc) is 2.68. The summed E-state index contributed by atoms with van der Waals surface area (Å²) >= 11 is 0. The first kappa shape index (κ1) is 13.6. The van der Waals surface area contributed by atoms with Gasteiger partial charge in [-0.05, 0) is 31.5 Å². The SMILES string of the molecule is CCC1=NN(c2ccc(F)cc2F)C(=O)C1CCN. The molecule has 6 heteroatoms. The van der Waals surface area contributed by atoms with E-state index < -0.39 is 17.6 Å². The smallest absolute Gasteiger partial charge is 0.256 e. The van der Waals surface area contributed by atoms with Crippen molar-refractivity contribution in [2.75, 3.05) is 11.6 Å². The van der Waals surface area contributed by atoms with Crippen molar-refractivity contribution in [2.24, 2.45) is 16.8 Å². The number of rotatable bonds is 4. The minimum Gasteiger partial charge on any atom is -0.330 e. The molecule has 1 aliphatic heterocycles. The first-order valence-electron chi connectivity index (χ1n) is 6.15. The summed E-state index contributed by atoms with van der Waals surface area (Å²) < 4.78 is 26.6. The van der Waals surface area contributed by atoms with E-state index in [1.54, 1.807) is 0 Å².